The zero-order valence-electron chi connectivity index (χ0n) is 20.1. The summed E-state index contributed by atoms with van der Waals surface area (Å²) in [4.78, 5) is 47.7. The number of amides is 3. The standard InChI is InChI=1S/C24H37N3O6/c1-5-32-21(29)17-26-20(28)16-27-22(30)19(15-18-11-7-6-8-12-18)13-9-10-14-25-23(31)33-24(2,3)4/h6-8,11-12,19H,5,9-10,13-17H2,1-4H3,(H,25,31)(H,26,28)(H,27,30)/t19-/m1/s1. The highest BCUT2D eigenvalue weighted by Crippen LogP contribution is 2.16. The molecule has 0 spiro atoms. The van der Waals surface area contributed by atoms with Crippen molar-refractivity contribution in [1.29, 1.82) is 0 Å². The molecule has 0 aliphatic heterocycles. The molecule has 33 heavy (non-hydrogen) atoms. The minimum Gasteiger partial charge on any atom is -0.465 e. The Morgan fingerprint density at radius 3 is 2.27 bits per heavy atom. The summed E-state index contributed by atoms with van der Waals surface area (Å²) in [5, 5.41) is 7.78. The second kappa shape index (κ2) is 14.9. The molecule has 9 nitrogen and oxygen atoms in total. The molecule has 184 valence electrons. The number of unbranched alkanes of at least 4 members (excludes halogenated alkanes) is 1. The van der Waals surface area contributed by atoms with Crippen LogP contribution in [-0.4, -0.2) is 55.7 Å². The lowest BCUT2D eigenvalue weighted by Crippen LogP contribution is -2.41. The molecule has 0 bridgehead atoms. The van der Waals surface area contributed by atoms with E-state index in [1.165, 1.54) is 0 Å². The van der Waals surface area contributed by atoms with Gasteiger partial charge in [0.05, 0.1) is 13.2 Å². The van der Waals surface area contributed by atoms with Gasteiger partial charge in [0.25, 0.3) is 0 Å². The Morgan fingerprint density at radius 2 is 1.64 bits per heavy atom. The molecule has 3 N–H and O–H groups in total. The van der Waals surface area contributed by atoms with Crippen LogP contribution in [-0.2, 0) is 30.3 Å². The molecular formula is C24H37N3O6. The van der Waals surface area contributed by atoms with E-state index in [2.05, 4.69) is 16.0 Å². The number of hydrogen-bond donors (Lipinski definition) is 3. The normalized spacial score (nSPS) is 11.8. The maximum atomic E-state index is 12.7. The molecule has 3 amide bonds. The van der Waals surface area contributed by atoms with E-state index >= 15 is 0 Å². The molecule has 0 saturated heterocycles. The van der Waals surface area contributed by atoms with Gasteiger partial charge in [0.1, 0.15) is 12.1 Å². The van der Waals surface area contributed by atoms with Crippen molar-refractivity contribution < 1.29 is 28.7 Å². The van der Waals surface area contributed by atoms with Gasteiger partial charge < -0.3 is 25.4 Å². The molecule has 9 heteroatoms. The smallest absolute Gasteiger partial charge is 0.407 e. The van der Waals surface area contributed by atoms with Gasteiger partial charge >= 0.3 is 12.1 Å². The van der Waals surface area contributed by atoms with Crippen LogP contribution >= 0.6 is 0 Å². The fourth-order valence-electron chi connectivity index (χ4n) is 3.00. The first-order valence-electron chi connectivity index (χ1n) is 11.3. The van der Waals surface area contributed by atoms with E-state index < -0.39 is 23.6 Å². The van der Waals surface area contributed by atoms with E-state index in [4.69, 9.17) is 9.47 Å². The predicted octanol–water partition coefficient (Wildman–Crippen LogP) is 2.34. The molecule has 1 aromatic carbocycles. The molecule has 0 saturated carbocycles. The molecule has 0 aliphatic rings. The first kappa shape index (κ1) is 27.9. The summed E-state index contributed by atoms with van der Waals surface area (Å²) in [5.74, 6) is -1.55. The summed E-state index contributed by atoms with van der Waals surface area (Å²) in [5.41, 5.74) is 0.474. The molecule has 0 heterocycles. The van der Waals surface area contributed by atoms with Crippen LogP contribution in [0.2, 0.25) is 0 Å². The number of alkyl carbamates (subject to hydrolysis) is 1. The minimum absolute atomic E-state index is 0.219. The number of carbonyl (C=O) groups is 4. The second-order valence-corrected chi connectivity index (χ2v) is 8.61. The monoisotopic (exact) mass is 463 g/mol. The second-order valence-electron chi connectivity index (χ2n) is 8.61. The molecule has 0 aromatic heterocycles. The van der Waals surface area contributed by atoms with Crippen LogP contribution in [0.3, 0.4) is 0 Å². The van der Waals surface area contributed by atoms with Crippen molar-refractivity contribution in [2.24, 2.45) is 5.92 Å². The Bertz CT molecular complexity index is 761. The summed E-state index contributed by atoms with van der Waals surface area (Å²) in [6, 6.07) is 9.65. The largest absolute Gasteiger partial charge is 0.465 e. The van der Waals surface area contributed by atoms with Crippen LogP contribution in [0.5, 0.6) is 0 Å². The van der Waals surface area contributed by atoms with Gasteiger partial charge in [0, 0.05) is 12.5 Å². The fraction of sp³-hybridized carbons (Fsp3) is 0.583. The van der Waals surface area contributed by atoms with E-state index in [1.807, 2.05) is 30.3 Å². The molecule has 0 aliphatic carbocycles. The summed E-state index contributed by atoms with van der Waals surface area (Å²) in [6.07, 6.45) is 2.08. The van der Waals surface area contributed by atoms with Gasteiger partial charge in [0.15, 0.2) is 0 Å². The van der Waals surface area contributed by atoms with Crippen molar-refractivity contribution in [1.82, 2.24) is 16.0 Å². The summed E-state index contributed by atoms with van der Waals surface area (Å²) < 4.78 is 9.95. The van der Waals surface area contributed by atoms with E-state index in [0.717, 1.165) is 12.0 Å². The molecule has 1 atom stereocenters. The maximum Gasteiger partial charge on any atom is 0.407 e. The third-order valence-electron chi connectivity index (χ3n) is 4.50. The zero-order valence-corrected chi connectivity index (χ0v) is 20.1. The molecular weight excluding hydrogens is 426 g/mol. The quantitative estimate of drug-likeness (QED) is 0.305. The third kappa shape index (κ3) is 13.8. The van der Waals surface area contributed by atoms with Gasteiger partial charge in [-0.3, -0.25) is 14.4 Å². The zero-order chi connectivity index (χ0) is 24.7. The van der Waals surface area contributed by atoms with Gasteiger partial charge in [-0.05, 0) is 52.5 Å². The SMILES string of the molecule is CCOC(=O)CNC(=O)CNC(=O)[C@H](CCCCNC(=O)OC(C)(C)C)Cc1ccccc1. The Hall–Kier alpha value is -3.10. The van der Waals surface area contributed by atoms with E-state index in [1.54, 1.807) is 27.7 Å². The lowest BCUT2D eigenvalue weighted by molar-refractivity contribution is -0.143. The number of ether oxygens (including phenoxy) is 2. The van der Waals surface area contributed by atoms with Crippen molar-refractivity contribution in [2.45, 2.75) is 59.0 Å². The highest BCUT2D eigenvalue weighted by molar-refractivity contribution is 5.87. The summed E-state index contributed by atoms with van der Waals surface area (Å²) in [7, 11) is 0. The number of rotatable bonds is 13. The Balaban J connectivity index is 2.49. The van der Waals surface area contributed by atoms with Crippen molar-refractivity contribution in [3.63, 3.8) is 0 Å². The van der Waals surface area contributed by atoms with Crippen molar-refractivity contribution in [2.75, 3.05) is 26.2 Å². The van der Waals surface area contributed by atoms with Gasteiger partial charge in [-0.15, -0.1) is 0 Å². The van der Waals surface area contributed by atoms with Crippen molar-refractivity contribution in [3.05, 3.63) is 35.9 Å². The van der Waals surface area contributed by atoms with E-state index in [9.17, 15) is 19.2 Å². The van der Waals surface area contributed by atoms with E-state index in [-0.39, 0.29) is 31.5 Å². The summed E-state index contributed by atoms with van der Waals surface area (Å²) in [6.45, 7) is 7.32. The van der Waals surface area contributed by atoms with Crippen LogP contribution in [0.25, 0.3) is 0 Å². The lowest BCUT2D eigenvalue weighted by Gasteiger charge is -2.20. The fourth-order valence-corrected chi connectivity index (χ4v) is 3.00. The van der Waals surface area contributed by atoms with Gasteiger partial charge in [-0.2, -0.15) is 0 Å². The highest BCUT2D eigenvalue weighted by Gasteiger charge is 2.20. The molecule has 1 rings (SSSR count). The predicted molar refractivity (Wildman–Crippen MR) is 124 cm³/mol. The van der Waals surface area contributed by atoms with Crippen molar-refractivity contribution >= 4 is 23.9 Å². The van der Waals surface area contributed by atoms with E-state index in [0.29, 0.717) is 25.8 Å². The number of esters is 1. The number of nitrogens with one attached hydrogen (secondary N) is 3. The molecule has 0 unspecified atom stereocenters. The lowest BCUT2D eigenvalue weighted by atomic mass is 9.93. The van der Waals surface area contributed by atoms with Crippen LogP contribution in [0.1, 0.15) is 52.5 Å². The maximum absolute atomic E-state index is 12.7. The minimum atomic E-state index is -0.550. The average Bonchev–Trinajstić information content (AvgIpc) is 2.74. The first-order chi connectivity index (χ1) is 15.6. The highest BCUT2D eigenvalue weighted by atomic mass is 16.6. The van der Waals surface area contributed by atoms with Gasteiger partial charge in [-0.25, -0.2) is 4.79 Å². The first-order valence-corrected chi connectivity index (χ1v) is 11.3. The molecule has 0 radical (unpaired) electrons. The van der Waals surface area contributed by atoms with Crippen LogP contribution in [0, 0.1) is 5.92 Å². The molecule has 0 fully saturated rings. The third-order valence-corrected chi connectivity index (χ3v) is 4.50. The number of hydrogen-bond acceptors (Lipinski definition) is 6. The van der Waals surface area contributed by atoms with Crippen molar-refractivity contribution in [3.8, 4) is 0 Å². The Labute approximate surface area is 196 Å². The Morgan fingerprint density at radius 1 is 0.939 bits per heavy atom. The summed E-state index contributed by atoms with van der Waals surface area (Å²) >= 11 is 0. The van der Waals surface area contributed by atoms with Crippen LogP contribution in [0.4, 0.5) is 4.79 Å². The van der Waals surface area contributed by atoms with Crippen LogP contribution < -0.4 is 16.0 Å². The van der Waals surface area contributed by atoms with Gasteiger partial charge in [-0.1, -0.05) is 36.8 Å². The van der Waals surface area contributed by atoms with Gasteiger partial charge in [0.2, 0.25) is 11.8 Å². The molecule has 1 aromatic rings. The number of benzene rings is 1. The average molecular weight is 464 g/mol. The number of carbonyl (C=O) groups excluding carboxylic acids is 4. The topological polar surface area (TPSA) is 123 Å². The Kier molecular flexibility index (Phi) is 12.6. The van der Waals surface area contributed by atoms with Crippen LogP contribution in [0.15, 0.2) is 30.3 Å².